The smallest absolute Gasteiger partial charge is 0.141 e. The Morgan fingerprint density at radius 1 is 1.15 bits per heavy atom. The van der Waals surface area contributed by atoms with Gasteiger partial charge in [0.05, 0.1) is 5.75 Å². The van der Waals surface area contributed by atoms with Gasteiger partial charge in [-0.1, -0.05) is 35.9 Å². The van der Waals surface area contributed by atoms with Crippen molar-refractivity contribution < 1.29 is 0 Å². The topological polar surface area (TPSA) is 25.8 Å². The van der Waals surface area contributed by atoms with Crippen molar-refractivity contribution in [2.75, 3.05) is 0 Å². The van der Waals surface area contributed by atoms with E-state index in [0.717, 1.165) is 27.5 Å². The Bertz CT molecular complexity index is 740. The Hall–Kier alpha value is -1.10. The first-order chi connectivity index (χ1) is 9.74. The normalized spacial score (nSPS) is 11.1. The fraction of sp³-hybridized carbons (Fsp3) is 0.200. The van der Waals surface area contributed by atoms with Crippen LogP contribution in [0.4, 0.5) is 0 Å². The molecule has 0 saturated heterocycles. The van der Waals surface area contributed by atoms with Gasteiger partial charge < -0.3 is 0 Å². The molecule has 2 nitrogen and oxygen atoms in total. The lowest BCUT2D eigenvalue weighted by Crippen LogP contribution is -1.94. The second-order valence-electron chi connectivity index (χ2n) is 4.49. The molecule has 2 heterocycles. The van der Waals surface area contributed by atoms with Crippen LogP contribution in [0.1, 0.15) is 17.0 Å². The van der Waals surface area contributed by atoms with Gasteiger partial charge in [-0.3, -0.25) is 0 Å². The highest BCUT2D eigenvalue weighted by atomic mass is 35.5. The van der Waals surface area contributed by atoms with E-state index in [2.05, 4.69) is 41.2 Å². The molecule has 0 fully saturated rings. The van der Waals surface area contributed by atoms with Crippen LogP contribution in [-0.4, -0.2) is 9.97 Å². The number of benzene rings is 1. The third-order valence-corrected chi connectivity index (χ3v) is 5.15. The number of fused-ring (bicyclic) bond motifs is 1. The summed E-state index contributed by atoms with van der Waals surface area (Å²) in [6.07, 6.45) is 0. The molecule has 0 N–H and O–H groups in total. The van der Waals surface area contributed by atoms with Crippen molar-refractivity contribution in [1.29, 1.82) is 0 Å². The van der Waals surface area contributed by atoms with Crippen LogP contribution in [0.2, 0.25) is 5.15 Å². The number of thiophene rings is 1. The van der Waals surface area contributed by atoms with Crippen molar-refractivity contribution in [2.24, 2.45) is 0 Å². The summed E-state index contributed by atoms with van der Waals surface area (Å²) in [5.74, 6) is 2.56. The summed E-state index contributed by atoms with van der Waals surface area (Å²) < 4.78 is 0. The number of hydrogen-bond donors (Lipinski definition) is 0. The molecule has 3 aromatic rings. The molecule has 0 amide bonds. The number of rotatable bonds is 4. The van der Waals surface area contributed by atoms with Gasteiger partial charge in [0.2, 0.25) is 0 Å². The first kappa shape index (κ1) is 13.9. The molecule has 0 spiro atoms. The molecular formula is C15H13ClN2S2. The maximum atomic E-state index is 6.17. The van der Waals surface area contributed by atoms with E-state index in [1.54, 1.807) is 11.3 Å². The summed E-state index contributed by atoms with van der Waals surface area (Å²) in [7, 11) is 0. The van der Waals surface area contributed by atoms with Crippen LogP contribution in [0.25, 0.3) is 10.2 Å². The molecule has 0 saturated carbocycles. The summed E-state index contributed by atoms with van der Waals surface area (Å²) in [4.78, 5) is 9.89. The molecule has 0 aliphatic heterocycles. The molecule has 0 aliphatic carbocycles. The van der Waals surface area contributed by atoms with Crippen LogP contribution in [0.5, 0.6) is 0 Å². The monoisotopic (exact) mass is 320 g/mol. The summed E-state index contributed by atoms with van der Waals surface area (Å²) in [5.41, 5.74) is 2.69. The van der Waals surface area contributed by atoms with E-state index in [0.29, 0.717) is 5.15 Å². The molecule has 0 aliphatic rings. The lowest BCUT2D eigenvalue weighted by molar-refractivity contribution is 1.07. The van der Waals surface area contributed by atoms with E-state index in [4.69, 9.17) is 11.6 Å². The second kappa shape index (κ2) is 6.12. The summed E-state index contributed by atoms with van der Waals surface area (Å²) in [6.45, 7) is 2.14. The molecule has 0 bridgehead atoms. The van der Waals surface area contributed by atoms with Gasteiger partial charge in [-0.15, -0.1) is 23.1 Å². The third-order valence-electron chi connectivity index (χ3n) is 3.07. The highest BCUT2D eigenvalue weighted by Crippen LogP contribution is 2.26. The van der Waals surface area contributed by atoms with Crippen LogP contribution in [0.3, 0.4) is 0 Å². The van der Waals surface area contributed by atoms with Gasteiger partial charge in [-0.05, 0) is 29.5 Å². The minimum Gasteiger partial charge on any atom is -0.221 e. The van der Waals surface area contributed by atoms with Gasteiger partial charge in [-0.2, -0.15) is 0 Å². The van der Waals surface area contributed by atoms with Crippen molar-refractivity contribution >= 4 is 44.9 Å². The Balaban J connectivity index is 1.69. The van der Waals surface area contributed by atoms with Gasteiger partial charge in [0, 0.05) is 11.1 Å². The minimum absolute atomic E-state index is 0.558. The zero-order chi connectivity index (χ0) is 13.9. The molecular weight excluding hydrogens is 308 g/mol. The summed E-state index contributed by atoms with van der Waals surface area (Å²) >= 11 is 9.59. The zero-order valence-corrected chi connectivity index (χ0v) is 13.4. The summed E-state index contributed by atoms with van der Waals surface area (Å²) in [6, 6.07) is 10.4. The zero-order valence-electron chi connectivity index (χ0n) is 11.0. The minimum atomic E-state index is 0.558. The van der Waals surface area contributed by atoms with Crippen LogP contribution < -0.4 is 0 Å². The van der Waals surface area contributed by atoms with Gasteiger partial charge >= 0.3 is 0 Å². The Morgan fingerprint density at radius 2 is 2.00 bits per heavy atom. The highest BCUT2D eigenvalue weighted by molar-refractivity contribution is 7.97. The molecule has 0 unspecified atom stereocenters. The molecule has 0 atom stereocenters. The average Bonchev–Trinajstić information content (AvgIpc) is 2.90. The fourth-order valence-electron chi connectivity index (χ4n) is 1.95. The van der Waals surface area contributed by atoms with E-state index in [9.17, 15) is 0 Å². The van der Waals surface area contributed by atoms with Crippen molar-refractivity contribution in [2.45, 2.75) is 18.4 Å². The molecule has 1 aromatic carbocycles. The van der Waals surface area contributed by atoms with E-state index in [1.807, 2.05) is 23.2 Å². The van der Waals surface area contributed by atoms with Gasteiger partial charge in [-0.25, -0.2) is 9.97 Å². The van der Waals surface area contributed by atoms with Crippen molar-refractivity contribution in [1.82, 2.24) is 9.97 Å². The Labute approximate surface area is 131 Å². The Kier molecular flexibility index (Phi) is 4.24. The van der Waals surface area contributed by atoms with E-state index < -0.39 is 0 Å². The molecule has 5 heteroatoms. The van der Waals surface area contributed by atoms with Crippen molar-refractivity contribution in [3.8, 4) is 0 Å². The average molecular weight is 321 g/mol. The van der Waals surface area contributed by atoms with Crippen LogP contribution in [0.15, 0.2) is 35.7 Å². The summed E-state index contributed by atoms with van der Waals surface area (Å²) in [5, 5.41) is 3.50. The van der Waals surface area contributed by atoms with Crippen molar-refractivity contribution in [3.05, 3.63) is 57.8 Å². The predicted octanol–water partition coefficient (Wildman–Crippen LogP) is 5.09. The Morgan fingerprint density at radius 3 is 2.85 bits per heavy atom. The SMILES string of the molecule is Cc1ccccc1CSCc1nc(Cl)c2ccsc2n1. The maximum absolute atomic E-state index is 6.17. The largest absolute Gasteiger partial charge is 0.221 e. The predicted molar refractivity (Wildman–Crippen MR) is 88.6 cm³/mol. The molecule has 0 radical (unpaired) electrons. The first-order valence-electron chi connectivity index (χ1n) is 6.26. The molecule has 102 valence electrons. The van der Waals surface area contributed by atoms with E-state index in [-0.39, 0.29) is 0 Å². The third kappa shape index (κ3) is 2.97. The molecule has 2 aromatic heterocycles. The first-order valence-corrected chi connectivity index (χ1v) is 8.67. The van der Waals surface area contributed by atoms with Gasteiger partial charge in [0.25, 0.3) is 0 Å². The standard InChI is InChI=1S/C15H13ClN2S2/c1-10-4-2-3-5-11(10)8-19-9-13-17-14(16)12-6-7-20-15(12)18-13/h2-7H,8-9H2,1H3. The quantitative estimate of drug-likeness (QED) is 0.626. The van der Waals surface area contributed by atoms with Crippen LogP contribution >= 0.6 is 34.7 Å². The number of halogens is 1. The number of aryl methyl sites for hydroxylation is 1. The van der Waals surface area contributed by atoms with Crippen molar-refractivity contribution in [3.63, 3.8) is 0 Å². The molecule has 3 rings (SSSR count). The maximum Gasteiger partial charge on any atom is 0.141 e. The number of hydrogen-bond acceptors (Lipinski definition) is 4. The van der Waals surface area contributed by atoms with Gasteiger partial charge in [0.15, 0.2) is 0 Å². The second-order valence-corrected chi connectivity index (χ2v) is 6.73. The number of nitrogens with zero attached hydrogens (tertiary/aromatic N) is 2. The van der Waals surface area contributed by atoms with E-state index >= 15 is 0 Å². The fourth-order valence-corrected chi connectivity index (χ4v) is 4.00. The lowest BCUT2D eigenvalue weighted by atomic mass is 10.1. The van der Waals surface area contributed by atoms with Crippen LogP contribution in [0, 0.1) is 6.92 Å². The van der Waals surface area contributed by atoms with Crippen LogP contribution in [-0.2, 0) is 11.5 Å². The lowest BCUT2D eigenvalue weighted by Gasteiger charge is -2.05. The van der Waals surface area contributed by atoms with Gasteiger partial charge in [0.1, 0.15) is 15.8 Å². The molecule has 20 heavy (non-hydrogen) atoms. The highest BCUT2D eigenvalue weighted by Gasteiger charge is 2.07. The number of aromatic nitrogens is 2. The number of thioether (sulfide) groups is 1. The van der Waals surface area contributed by atoms with E-state index in [1.165, 1.54) is 11.1 Å².